The molecule has 31 heavy (non-hydrogen) atoms. The number of sulfonamides is 1. The number of allylic oxidation sites excluding steroid dienone is 1. The average molecular weight is 472 g/mol. The molecule has 0 amide bonds. The lowest BCUT2D eigenvalue weighted by Gasteiger charge is -2.25. The van der Waals surface area contributed by atoms with Gasteiger partial charge in [-0.2, -0.15) is 30.6 Å². The van der Waals surface area contributed by atoms with Gasteiger partial charge < -0.3 is 5.32 Å². The maximum Gasteiger partial charge on any atom is 0.511 e. The van der Waals surface area contributed by atoms with Crippen molar-refractivity contribution in [1.29, 1.82) is 0 Å². The molecule has 1 heterocycles. The van der Waals surface area contributed by atoms with Crippen molar-refractivity contribution in [2.24, 2.45) is 0 Å². The highest BCUT2D eigenvalue weighted by Gasteiger charge is 2.51. The van der Waals surface area contributed by atoms with E-state index in [0.717, 1.165) is 11.6 Å². The van der Waals surface area contributed by atoms with Gasteiger partial charge in [0, 0.05) is 24.8 Å². The molecule has 0 fully saturated rings. The Bertz CT molecular complexity index is 909. The van der Waals surface area contributed by atoms with Crippen LogP contribution in [0.5, 0.6) is 0 Å². The molecule has 0 aliphatic carbocycles. The fourth-order valence-electron chi connectivity index (χ4n) is 3.71. The summed E-state index contributed by atoms with van der Waals surface area (Å²) in [6, 6.07) is 1.38. The maximum absolute atomic E-state index is 13.5. The Labute approximate surface area is 178 Å². The molecule has 4 nitrogen and oxygen atoms in total. The Morgan fingerprint density at radius 3 is 2.39 bits per heavy atom. The third-order valence-corrected chi connectivity index (χ3v) is 6.69. The van der Waals surface area contributed by atoms with Crippen LogP contribution in [0.4, 0.5) is 32.0 Å². The first kappa shape index (κ1) is 25.5. The van der Waals surface area contributed by atoms with Crippen LogP contribution in [-0.4, -0.2) is 30.8 Å². The van der Waals surface area contributed by atoms with Gasteiger partial charge in [-0.25, -0.2) is 8.42 Å². The molecule has 1 atom stereocenters. The van der Waals surface area contributed by atoms with Gasteiger partial charge in [0.15, 0.2) is 0 Å². The minimum atomic E-state index is -5.73. The van der Waals surface area contributed by atoms with Crippen molar-refractivity contribution in [2.75, 3.05) is 11.9 Å². The first-order valence-electron chi connectivity index (χ1n) is 9.87. The minimum absolute atomic E-state index is 0.0417. The van der Waals surface area contributed by atoms with E-state index in [1.807, 2.05) is 0 Å². The molecule has 0 radical (unpaired) electrons. The number of fused-ring (bicyclic) bond motifs is 1. The highest BCUT2D eigenvalue weighted by Crippen LogP contribution is 2.40. The largest absolute Gasteiger partial charge is 0.511 e. The van der Waals surface area contributed by atoms with Crippen LogP contribution in [0.3, 0.4) is 0 Å². The van der Waals surface area contributed by atoms with Gasteiger partial charge in [0.1, 0.15) is 0 Å². The summed E-state index contributed by atoms with van der Waals surface area (Å²) >= 11 is 0. The molecule has 1 aromatic rings. The molecule has 0 saturated heterocycles. The van der Waals surface area contributed by atoms with E-state index >= 15 is 0 Å². The van der Waals surface area contributed by atoms with Crippen LogP contribution < -0.4 is 5.32 Å². The van der Waals surface area contributed by atoms with E-state index in [0.29, 0.717) is 25.7 Å². The minimum Gasteiger partial charge on any atom is -0.381 e. The number of rotatable bonds is 7. The third kappa shape index (κ3) is 5.94. The number of anilines is 1. The van der Waals surface area contributed by atoms with Crippen molar-refractivity contribution in [3.8, 4) is 0 Å². The van der Waals surface area contributed by atoms with Crippen LogP contribution >= 0.6 is 0 Å². The molecule has 0 spiro atoms. The molecular weight excluding hydrogens is 446 g/mol. The van der Waals surface area contributed by atoms with E-state index in [1.165, 1.54) is 6.07 Å². The van der Waals surface area contributed by atoms with Crippen LogP contribution in [-0.2, 0) is 29.2 Å². The lowest BCUT2D eigenvalue weighted by molar-refractivity contribution is -0.138. The van der Waals surface area contributed by atoms with Gasteiger partial charge in [-0.1, -0.05) is 18.9 Å². The molecule has 1 aromatic carbocycles. The Balaban J connectivity index is 2.58. The number of hydrogen-bond donors (Lipinski definition) is 1. The molecule has 1 unspecified atom stereocenters. The summed E-state index contributed by atoms with van der Waals surface area (Å²) in [6.45, 7) is 5.93. The number of hydrogen-bond acceptors (Lipinski definition) is 3. The molecular formula is C20H26F6N2O2S. The number of halogens is 6. The van der Waals surface area contributed by atoms with Crippen LogP contribution in [0.1, 0.15) is 56.2 Å². The number of benzene rings is 1. The van der Waals surface area contributed by atoms with E-state index < -0.39 is 46.4 Å². The van der Waals surface area contributed by atoms with Gasteiger partial charge in [0.25, 0.3) is 0 Å². The summed E-state index contributed by atoms with van der Waals surface area (Å²) in [5, 5.41) is 2.99. The van der Waals surface area contributed by atoms with Crippen molar-refractivity contribution in [3.63, 3.8) is 0 Å². The van der Waals surface area contributed by atoms with Crippen molar-refractivity contribution in [3.05, 3.63) is 41.0 Å². The highest BCUT2D eigenvalue weighted by atomic mass is 32.2. The SMILES string of the molecule is C=C(C)CCCC1CN(S(=O)(=O)C(F)(F)F)Cc2c(ccc(C(F)(F)F)c2CCC)N1. The van der Waals surface area contributed by atoms with Crippen molar-refractivity contribution in [1.82, 2.24) is 4.31 Å². The number of nitrogens with zero attached hydrogens (tertiary/aromatic N) is 1. The van der Waals surface area contributed by atoms with E-state index in [4.69, 9.17) is 0 Å². The maximum atomic E-state index is 13.5. The fraction of sp³-hybridized carbons (Fsp3) is 0.600. The number of alkyl halides is 6. The third-order valence-electron chi connectivity index (χ3n) is 5.14. The zero-order valence-electron chi connectivity index (χ0n) is 17.3. The van der Waals surface area contributed by atoms with E-state index in [-0.39, 0.29) is 27.5 Å². The summed E-state index contributed by atoms with van der Waals surface area (Å²) in [7, 11) is -5.73. The summed E-state index contributed by atoms with van der Waals surface area (Å²) in [6.07, 6.45) is -2.95. The van der Waals surface area contributed by atoms with Crippen molar-refractivity contribution in [2.45, 2.75) is 70.2 Å². The Morgan fingerprint density at radius 2 is 1.87 bits per heavy atom. The van der Waals surface area contributed by atoms with Crippen molar-refractivity contribution >= 4 is 15.7 Å². The molecule has 0 bridgehead atoms. The summed E-state index contributed by atoms with van der Waals surface area (Å²) in [4.78, 5) is 0. The normalized spacial score (nSPS) is 18.3. The van der Waals surface area contributed by atoms with Gasteiger partial charge in [-0.15, -0.1) is 6.58 Å². The smallest absolute Gasteiger partial charge is 0.381 e. The second kappa shape index (κ2) is 9.40. The van der Waals surface area contributed by atoms with Crippen LogP contribution in [0.2, 0.25) is 0 Å². The van der Waals surface area contributed by atoms with Gasteiger partial charge in [-0.3, -0.25) is 0 Å². The summed E-state index contributed by atoms with van der Waals surface area (Å²) < 4.78 is 105. The first-order chi connectivity index (χ1) is 14.2. The van der Waals surface area contributed by atoms with Gasteiger partial charge in [0.05, 0.1) is 5.56 Å². The van der Waals surface area contributed by atoms with Crippen LogP contribution in [0.25, 0.3) is 0 Å². The van der Waals surface area contributed by atoms with E-state index in [1.54, 1.807) is 13.8 Å². The molecule has 176 valence electrons. The predicted molar refractivity (Wildman–Crippen MR) is 107 cm³/mol. The second-order valence-electron chi connectivity index (χ2n) is 7.80. The van der Waals surface area contributed by atoms with Gasteiger partial charge in [-0.05, 0) is 55.9 Å². The van der Waals surface area contributed by atoms with Gasteiger partial charge >= 0.3 is 21.7 Å². The number of nitrogens with one attached hydrogen (secondary N) is 1. The molecule has 1 aliphatic rings. The Hall–Kier alpha value is -1.75. The van der Waals surface area contributed by atoms with Crippen LogP contribution in [0.15, 0.2) is 24.3 Å². The topological polar surface area (TPSA) is 49.4 Å². The standard InChI is InChI=1S/C20H26F6N2O2S/c1-4-6-15-16-12-28(31(29,30)20(24,25)26)11-14(8-5-7-13(2)3)27-18(16)10-9-17(15)19(21,22)23/h9-10,14,27H,2,4-8,11-12H2,1,3H3. The molecule has 11 heteroatoms. The first-order valence-corrected chi connectivity index (χ1v) is 11.3. The van der Waals surface area contributed by atoms with Crippen molar-refractivity contribution < 1.29 is 34.8 Å². The Morgan fingerprint density at radius 1 is 1.23 bits per heavy atom. The van der Waals surface area contributed by atoms with E-state index in [2.05, 4.69) is 11.9 Å². The molecule has 2 rings (SSSR count). The lowest BCUT2D eigenvalue weighted by atomic mass is 9.95. The summed E-state index contributed by atoms with van der Waals surface area (Å²) in [5.74, 6) is 0. The molecule has 1 N–H and O–H groups in total. The quantitative estimate of drug-likeness (QED) is 0.400. The Kier molecular flexibility index (Phi) is 7.73. The lowest BCUT2D eigenvalue weighted by Crippen LogP contribution is -2.44. The van der Waals surface area contributed by atoms with E-state index in [9.17, 15) is 34.8 Å². The zero-order chi connectivity index (χ0) is 23.6. The summed E-state index contributed by atoms with van der Waals surface area (Å²) in [5.41, 5.74) is -5.64. The zero-order valence-corrected chi connectivity index (χ0v) is 18.1. The average Bonchev–Trinajstić information content (AvgIpc) is 2.79. The molecule has 1 aliphatic heterocycles. The fourth-order valence-corrected chi connectivity index (χ4v) is 4.67. The monoisotopic (exact) mass is 472 g/mol. The van der Waals surface area contributed by atoms with Crippen LogP contribution in [0, 0.1) is 0 Å². The molecule has 0 aromatic heterocycles. The predicted octanol–water partition coefficient (Wildman–Crippen LogP) is 5.85. The van der Waals surface area contributed by atoms with Gasteiger partial charge in [0.2, 0.25) is 0 Å². The molecule has 0 saturated carbocycles. The second-order valence-corrected chi connectivity index (χ2v) is 9.73. The highest BCUT2D eigenvalue weighted by molar-refractivity contribution is 7.89.